The Kier molecular flexibility index (Phi) is 3.05. The lowest BCUT2D eigenvalue weighted by Gasteiger charge is -2.02. The Morgan fingerprint density at radius 2 is 2.33 bits per heavy atom. The molecule has 3 heteroatoms. The van der Waals surface area contributed by atoms with Crippen LogP contribution in [-0.4, -0.2) is 16.7 Å². The summed E-state index contributed by atoms with van der Waals surface area (Å²) in [7, 11) is 0. The van der Waals surface area contributed by atoms with Crippen molar-refractivity contribution in [2.24, 2.45) is 0 Å². The minimum Gasteiger partial charge on any atom is -0.396 e. The molecule has 0 aliphatic heterocycles. The molecule has 0 spiro atoms. The van der Waals surface area contributed by atoms with Crippen LogP contribution in [-0.2, 0) is 6.42 Å². The number of nitrogens with one attached hydrogen (secondary N) is 1. The summed E-state index contributed by atoms with van der Waals surface area (Å²) >= 11 is 0. The molecule has 1 aromatic rings. The molecule has 0 amide bonds. The van der Waals surface area contributed by atoms with Gasteiger partial charge in [-0.25, -0.2) is 0 Å². The molecule has 1 aromatic heterocycles. The lowest BCUT2D eigenvalue weighted by atomic mass is 10.1. The zero-order chi connectivity index (χ0) is 8.97. The van der Waals surface area contributed by atoms with Gasteiger partial charge >= 0.3 is 0 Å². The number of aromatic amines is 1. The van der Waals surface area contributed by atoms with E-state index in [9.17, 15) is 4.79 Å². The molecule has 0 aromatic carbocycles. The third-order valence-corrected chi connectivity index (χ3v) is 1.85. The van der Waals surface area contributed by atoms with Gasteiger partial charge in [0, 0.05) is 18.9 Å². The van der Waals surface area contributed by atoms with Gasteiger partial charge in [-0.05, 0) is 30.9 Å². The lowest BCUT2D eigenvalue weighted by molar-refractivity contribution is 0.288. The molecule has 0 radical (unpaired) electrons. The van der Waals surface area contributed by atoms with Gasteiger partial charge in [0.15, 0.2) is 0 Å². The van der Waals surface area contributed by atoms with Gasteiger partial charge in [-0.1, -0.05) is 0 Å². The molecule has 0 bridgehead atoms. The zero-order valence-corrected chi connectivity index (χ0v) is 7.13. The van der Waals surface area contributed by atoms with Gasteiger partial charge in [0.05, 0.1) is 0 Å². The monoisotopic (exact) mass is 167 g/mol. The third kappa shape index (κ3) is 2.20. The van der Waals surface area contributed by atoms with Crippen LogP contribution < -0.4 is 5.56 Å². The average molecular weight is 167 g/mol. The Bertz CT molecular complexity index is 304. The van der Waals surface area contributed by atoms with Crippen LogP contribution in [0.15, 0.2) is 17.1 Å². The predicted molar refractivity (Wildman–Crippen MR) is 47.2 cm³/mol. The van der Waals surface area contributed by atoms with Crippen LogP contribution in [0.4, 0.5) is 0 Å². The molecule has 2 N–H and O–H groups in total. The molecule has 0 unspecified atom stereocenters. The number of rotatable bonds is 3. The number of aryl methyl sites for hydroxylation is 2. The highest BCUT2D eigenvalue weighted by molar-refractivity contribution is 5.21. The summed E-state index contributed by atoms with van der Waals surface area (Å²) in [6.07, 6.45) is 3.28. The number of pyridine rings is 1. The van der Waals surface area contributed by atoms with E-state index in [4.69, 9.17) is 5.11 Å². The van der Waals surface area contributed by atoms with Gasteiger partial charge in [0.2, 0.25) is 5.56 Å². The number of hydrogen-bond acceptors (Lipinski definition) is 2. The van der Waals surface area contributed by atoms with Crippen molar-refractivity contribution >= 4 is 0 Å². The van der Waals surface area contributed by atoms with Gasteiger partial charge in [-0.15, -0.1) is 0 Å². The normalized spacial score (nSPS) is 10.2. The smallest absolute Gasteiger partial charge is 0.248 e. The Balaban J connectivity index is 2.79. The summed E-state index contributed by atoms with van der Waals surface area (Å²) in [5, 5.41) is 8.60. The second kappa shape index (κ2) is 4.07. The molecule has 66 valence electrons. The second-order valence-electron chi connectivity index (χ2n) is 2.83. The van der Waals surface area contributed by atoms with Crippen molar-refractivity contribution in [1.29, 1.82) is 0 Å². The van der Waals surface area contributed by atoms with Gasteiger partial charge in [0.25, 0.3) is 0 Å². The molecular weight excluding hydrogens is 154 g/mol. The molecule has 0 aliphatic rings. The maximum atomic E-state index is 10.8. The van der Waals surface area contributed by atoms with Crippen LogP contribution in [0.25, 0.3) is 0 Å². The lowest BCUT2D eigenvalue weighted by Crippen LogP contribution is -2.06. The van der Waals surface area contributed by atoms with Crippen LogP contribution in [0.1, 0.15) is 17.5 Å². The maximum Gasteiger partial charge on any atom is 0.248 e. The molecule has 12 heavy (non-hydrogen) atoms. The Hall–Kier alpha value is -1.09. The van der Waals surface area contributed by atoms with Crippen molar-refractivity contribution in [2.75, 3.05) is 6.61 Å². The van der Waals surface area contributed by atoms with E-state index in [1.54, 1.807) is 12.3 Å². The summed E-state index contributed by atoms with van der Waals surface area (Å²) in [6.45, 7) is 2.10. The number of aliphatic hydroxyl groups is 1. The van der Waals surface area contributed by atoms with E-state index in [1.807, 2.05) is 6.92 Å². The van der Waals surface area contributed by atoms with Crippen molar-refractivity contribution in [1.82, 2.24) is 4.98 Å². The van der Waals surface area contributed by atoms with Crippen molar-refractivity contribution in [3.63, 3.8) is 0 Å². The van der Waals surface area contributed by atoms with Crippen molar-refractivity contribution in [3.8, 4) is 0 Å². The molecular formula is C9H13NO2. The maximum absolute atomic E-state index is 10.8. The molecule has 0 saturated heterocycles. The largest absolute Gasteiger partial charge is 0.396 e. The molecule has 0 atom stereocenters. The van der Waals surface area contributed by atoms with Crippen LogP contribution in [0, 0.1) is 6.92 Å². The SMILES string of the molecule is Cc1cc(=O)[nH]cc1CCCO. The van der Waals surface area contributed by atoms with Gasteiger partial charge in [-0.2, -0.15) is 0 Å². The van der Waals surface area contributed by atoms with Crippen molar-refractivity contribution < 1.29 is 5.11 Å². The molecule has 1 heterocycles. The topological polar surface area (TPSA) is 53.1 Å². The Labute approximate surface area is 71.1 Å². The fraction of sp³-hybridized carbons (Fsp3) is 0.444. The summed E-state index contributed by atoms with van der Waals surface area (Å²) in [6, 6.07) is 1.58. The quantitative estimate of drug-likeness (QED) is 0.693. The van der Waals surface area contributed by atoms with Crippen molar-refractivity contribution in [3.05, 3.63) is 33.7 Å². The van der Waals surface area contributed by atoms with Crippen LogP contribution in [0.5, 0.6) is 0 Å². The summed E-state index contributed by atoms with van der Waals surface area (Å²) in [4.78, 5) is 13.4. The average Bonchev–Trinajstić information content (AvgIpc) is 2.03. The van der Waals surface area contributed by atoms with E-state index in [0.717, 1.165) is 24.0 Å². The Morgan fingerprint density at radius 1 is 1.58 bits per heavy atom. The molecule has 1 rings (SSSR count). The molecule has 0 saturated carbocycles. The molecule has 3 nitrogen and oxygen atoms in total. The number of hydrogen-bond donors (Lipinski definition) is 2. The highest BCUT2D eigenvalue weighted by atomic mass is 16.2. The van der Waals surface area contributed by atoms with E-state index in [2.05, 4.69) is 4.98 Å². The van der Waals surface area contributed by atoms with Crippen molar-refractivity contribution in [2.45, 2.75) is 19.8 Å². The first-order valence-corrected chi connectivity index (χ1v) is 4.03. The fourth-order valence-electron chi connectivity index (χ4n) is 1.14. The van der Waals surface area contributed by atoms with E-state index >= 15 is 0 Å². The molecule has 0 aliphatic carbocycles. The van der Waals surface area contributed by atoms with Gasteiger partial charge in [0.1, 0.15) is 0 Å². The first kappa shape index (κ1) is 9.00. The number of aromatic nitrogens is 1. The van der Waals surface area contributed by atoms with E-state index in [1.165, 1.54) is 0 Å². The minimum atomic E-state index is -0.0692. The van der Waals surface area contributed by atoms with Gasteiger partial charge < -0.3 is 10.1 Å². The highest BCUT2D eigenvalue weighted by Crippen LogP contribution is 2.04. The van der Waals surface area contributed by atoms with Crippen LogP contribution >= 0.6 is 0 Å². The van der Waals surface area contributed by atoms with Crippen LogP contribution in [0.2, 0.25) is 0 Å². The van der Waals surface area contributed by atoms with Gasteiger partial charge in [-0.3, -0.25) is 4.79 Å². The van der Waals surface area contributed by atoms with Crippen LogP contribution in [0.3, 0.4) is 0 Å². The first-order valence-electron chi connectivity index (χ1n) is 4.03. The third-order valence-electron chi connectivity index (χ3n) is 1.85. The fourth-order valence-corrected chi connectivity index (χ4v) is 1.14. The molecule has 0 fully saturated rings. The summed E-state index contributed by atoms with van der Waals surface area (Å²) in [5.74, 6) is 0. The van der Waals surface area contributed by atoms with E-state index < -0.39 is 0 Å². The Morgan fingerprint density at radius 3 is 2.92 bits per heavy atom. The predicted octanol–water partition coefficient (Wildman–Crippen LogP) is 0.608. The zero-order valence-electron chi connectivity index (χ0n) is 7.13. The second-order valence-corrected chi connectivity index (χ2v) is 2.83. The van der Waals surface area contributed by atoms with E-state index in [0.29, 0.717) is 0 Å². The van der Waals surface area contributed by atoms with E-state index in [-0.39, 0.29) is 12.2 Å². The highest BCUT2D eigenvalue weighted by Gasteiger charge is 1.97. The number of aliphatic hydroxyl groups excluding tert-OH is 1. The summed E-state index contributed by atoms with van der Waals surface area (Å²) in [5.41, 5.74) is 2.02. The summed E-state index contributed by atoms with van der Waals surface area (Å²) < 4.78 is 0. The minimum absolute atomic E-state index is 0.0692. The first-order chi connectivity index (χ1) is 5.74. The standard InChI is InChI=1S/C9H13NO2/c1-7-5-9(12)10-6-8(7)3-2-4-11/h5-6,11H,2-4H2,1H3,(H,10,12). The number of H-pyrrole nitrogens is 1.